The first-order valence-corrected chi connectivity index (χ1v) is 6.67. The van der Waals surface area contributed by atoms with Crippen molar-refractivity contribution < 1.29 is 9.21 Å². The summed E-state index contributed by atoms with van der Waals surface area (Å²) in [6.07, 6.45) is 0. The van der Waals surface area contributed by atoms with Crippen molar-refractivity contribution in [2.24, 2.45) is 0 Å². The zero-order valence-electron chi connectivity index (χ0n) is 12.3. The molecule has 1 atom stereocenters. The molecular weight excluding hydrogens is 252 g/mol. The van der Waals surface area contributed by atoms with Crippen LogP contribution in [0.1, 0.15) is 40.4 Å². The number of amides is 1. The molecule has 20 heavy (non-hydrogen) atoms. The van der Waals surface area contributed by atoms with Crippen LogP contribution >= 0.6 is 0 Å². The highest BCUT2D eigenvalue weighted by Crippen LogP contribution is 2.20. The SMILES string of the molecule is CNc1cc(C)ccc1C(=O)NC(C)c1ccc(C)o1. The molecule has 0 aliphatic rings. The lowest BCUT2D eigenvalue weighted by Gasteiger charge is -2.14. The molecule has 4 nitrogen and oxygen atoms in total. The van der Waals surface area contributed by atoms with E-state index in [2.05, 4.69) is 10.6 Å². The molecule has 2 N–H and O–H groups in total. The Morgan fingerprint density at radius 1 is 1.20 bits per heavy atom. The van der Waals surface area contributed by atoms with Crippen molar-refractivity contribution >= 4 is 11.6 Å². The van der Waals surface area contributed by atoms with Crippen LogP contribution < -0.4 is 10.6 Å². The Hall–Kier alpha value is -2.23. The van der Waals surface area contributed by atoms with E-state index >= 15 is 0 Å². The number of hydrogen-bond donors (Lipinski definition) is 2. The van der Waals surface area contributed by atoms with Crippen LogP contribution in [0.15, 0.2) is 34.7 Å². The summed E-state index contributed by atoms with van der Waals surface area (Å²) in [4.78, 5) is 12.3. The minimum atomic E-state index is -0.165. The van der Waals surface area contributed by atoms with Crippen molar-refractivity contribution in [2.75, 3.05) is 12.4 Å². The molecule has 0 aliphatic heterocycles. The Balaban J connectivity index is 2.16. The Morgan fingerprint density at radius 3 is 2.55 bits per heavy atom. The molecule has 1 aromatic heterocycles. The molecule has 0 radical (unpaired) electrons. The van der Waals surface area contributed by atoms with Gasteiger partial charge in [0.05, 0.1) is 11.6 Å². The van der Waals surface area contributed by atoms with Gasteiger partial charge in [-0.1, -0.05) is 6.07 Å². The molecule has 0 fully saturated rings. The third kappa shape index (κ3) is 3.02. The Bertz CT molecular complexity index is 617. The van der Waals surface area contributed by atoms with Crippen molar-refractivity contribution in [3.63, 3.8) is 0 Å². The number of aryl methyl sites for hydroxylation is 2. The van der Waals surface area contributed by atoms with Gasteiger partial charge in [-0.2, -0.15) is 0 Å². The van der Waals surface area contributed by atoms with Gasteiger partial charge >= 0.3 is 0 Å². The van der Waals surface area contributed by atoms with Gasteiger partial charge in [0, 0.05) is 12.7 Å². The summed E-state index contributed by atoms with van der Waals surface area (Å²) in [7, 11) is 1.81. The van der Waals surface area contributed by atoms with Gasteiger partial charge in [-0.3, -0.25) is 4.79 Å². The van der Waals surface area contributed by atoms with E-state index in [-0.39, 0.29) is 11.9 Å². The number of nitrogens with one attached hydrogen (secondary N) is 2. The lowest BCUT2D eigenvalue weighted by Crippen LogP contribution is -2.27. The number of carbonyl (C=O) groups is 1. The maximum atomic E-state index is 12.3. The van der Waals surface area contributed by atoms with Gasteiger partial charge in [-0.15, -0.1) is 0 Å². The fraction of sp³-hybridized carbons (Fsp3) is 0.312. The largest absolute Gasteiger partial charge is 0.464 e. The molecule has 1 heterocycles. The molecule has 1 unspecified atom stereocenters. The van der Waals surface area contributed by atoms with E-state index in [4.69, 9.17) is 4.42 Å². The minimum absolute atomic E-state index is 0.115. The lowest BCUT2D eigenvalue weighted by molar-refractivity contribution is 0.0936. The summed E-state index contributed by atoms with van der Waals surface area (Å²) in [5.41, 5.74) is 2.57. The molecule has 0 aliphatic carbocycles. The summed E-state index contributed by atoms with van der Waals surface area (Å²) >= 11 is 0. The highest BCUT2D eigenvalue weighted by molar-refractivity contribution is 5.99. The van der Waals surface area contributed by atoms with Gasteiger partial charge < -0.3 is 15.1 Å². The number of hydrogen-bond acceptors (Lipinski definition) is 3. The van der Waals surface area contributed by atoms with Gasteiger partial charge in [-0.05, 0) is 50.6 Å². The van der Waals surface area contributed by atoms with Gasteiger partial charge in [0.25, 0.3) is 5.91 Å². The highest BCUT2D eigenvalue weighted by Gasteiger charge is 2.16. The summed E-state index contributed by atoms with van der Waals surface area (Å²) in [5, 5.41) is 6.00. The lowest BCUT2D eigenvalue weighted by atomic mass is 10.1. The van der Waals surface area contributed by atoms with Gasteiger partial charge in [0.1, 0.15) is 11.5 Å². The van der Waals surface area contributed by atoms with E-state index in [9.17, 15) is 4.79 Å². The second-order valence-corrected chi connectivity index (χ2v) is 4.94. The third-order valence-corrected chi connectivity index (χ3v) is 3.22. The molecule has 2 rings (SSSR count). The molecule has 0 saturated carbocycles. The Morgan fingerprint density at radius 2 is 1.95 bits per heavy atom. The van der Waals surface area contributed by atoms with Crippen LogP contribution in [0.4, 0.5) is 5.69 Å². The van der Waals surface area contributed by atoms with Gasteiger partial charge in [-0.25, -0.2) is 0 Å². The zero-order chi connectivity index (χ0) is 14.7. The van der Waals surface area contributed by atoms with E-state index in [1.165, 1.54) is 0 Å². The summed E-state index contributed by atoms with van der Waals surface area (Å²) in [5.74, 6) is 1.48. The maximum absolute atomic E-state index is 12.3. The molecule has 1 aromatic carbocycles. The van der Waals surface area contributed by atoms with E-state index in [0.29, 0.717) is 5.56 Å². The normalized spacial score (nSPS) is 12.0. The van der Waals surface area contributed by atoms with E-state index in [0.717, 1.165) is 22.8 Å². The second-order valence-electron chi connectivity index (χ2n) is 4.94. The average molecular weight is 272 g/mol. The van der Waals surface area contributed by atoms with Crippen LogP contribution in [0, 0.1) is 13.8 Å². The first-order valence-electron chi connectivity index (χ1n) is 6.67. The third-order valence-electron chi connectivity index (χ3n) is 3.22. The molecule has 0 bridgehead atoms. The average Bonchev–Trinajstić information content (AvgIpc) is 2.85. The predicted octanol–water partition coefficient (Wildman–Crippen LogP) is 3.43. The Kier molecular flexibility index (Phi) is 4.13. The highest BCUT2D eigenvalue weighted by atomic mass is 16.3. The molecule has 2 aromatic rings. The zero-order valence-corrected chi connectivity index (χ0v) is 12.3. The molecule has 4 heteroatoms. The van der Waals surface area contributed by atoms with Crippen LogP contribution in [0.3, 0.4) is 0 Å². The minimum Gasteiger partial charge on any atom is -0.464 e. The summed E-state index contributed by atoms with van der Waals surface area (Å²) < 4.78 is 5.53. The molecule has 0 saturated heterocycles. The van der Waals surface area contributed by atoms with Gasteiger partial charge in [0.2, 0.25) is 0 Å². The fourth-order valence-corrected chi connectivity index (χ4v) is 2.09. The molecule has 1 amide bonds. The smallest absolute Gasteiger partial charge is 0.253 e. The second kappa shape index (κ2) is 5.82. The first kappa shape index (κ1) is 14.2. The summed E-state index contributed by atoms with van der Waals surface area (Å²) in [6, 6.07) is 9.32. The standard InChI is InChI=1S/C16H20N2O2/c1-10-5-7-13(14(9-10)17-4)16(19)18-12(3)15-8-6-11(2)20-15/h5-9,12,17H,1-4H3,(H,18,19). The maximum Gasteiger partial charge on any atom is 0.253 e. The van der Waals surface area contributed by atoms with Crippen LogP contribution in [-0.4, -0.2) is 13.0 Å². The van der Waals surface area contributed by atoms with Crippen LogP contribution in [-0.2, 0) is 0 Å². The van der Waals surface area contributed by atoms with Crippen LogP contribution in [0.25, 0.3) is 0 Å². The van der Waals surface area contributed by atoms with Crippen molar-refractivity contribution in [1.29, 1.82) is 0 Å². The predicted molar refractivity (Wildman–Crippen MR) is 80.1 cm³/mol. The van der Waals surface area contributed by atoms with Crippen molar-refractivity contribution in [3.8, 4) is 0 Å². The Labute approximate surface area is 119 Å². The summed E-state index contributed by atoms with van der Waals surface area (Å²) in [6.45, 7) is 5.79. The van der Waals surface area contributed by atoms with Crippen LogP contribution in [0.5, 0.6) is 0 Å². The first-order chi connectivity index (χ1) is 9.51. The van der Waals surface area contributed by atoms with Crippen LogP contribution in [0.2, 0.25) is 0 Å². The molecule has 0 spiro atoms. The van der Waals surface area contributed by atoms with Crippen molar-refractivity contribution in [1.82, 2.24) is 5.32 Å². The van der Waals surface area contributed by atoms with Gasteiger partial charge in [0.15, 0.2) is 0 Å². The monoisotopic (exact) mass is 272 g/mol. The van der Waals surface area contributed by atoms with E-state index < -0.39 is 0 Å². The topological polar surface area (TPSA) is 54.3 Å². The van der Waals surface area contributed by atoms with E-state index in [1.807, 2.05) is 58.2 Å². The number of carbonyl (C=O) groups excluding carboxylic acids is 1. The number of rotatable bonds is 4. The number of benzene rings is 1. The quantitative estimate of drug-likeness (QED) is 0.896. The number of furan rings is 1. The molecule has 106 valence electrons. The molecular formula is C16H20N2O2. The van der Waals surface area contributed by atoms with Crippen molar-refractivity contribution in [3.05, 3.63) is 53.0 Å². The fourth-order valence-electron chi connectivity index (χ4n) is 2.09. The van der Waals surface area contributed by atoms with E-state index in [1.54, 1.807) is 0 Å². The number of anilines is 1. The van der Waals surface area contributed by atoms with Crippen molar-refractivity contribution in [2.45, 2.75) is 26.8 Å².